The largest absolute Gasteiger partial charge is 0.495 e. The van der Waals surface area contributed by atoms with Crippen molar-refractivity contribution in [2.24, 2.45) is 0 Å². The number of methoxy groups -OCH3 is 1. The Morgan fingerprint density at radius 3 is 2.23 bits per heavy atom. The summed E-state index contributed by atoms with van der Waals surface area (Å²) in [7, 11) is 1.63. The van der Waals surface area contributed by atoms with E-state index in [1.165, 1.54) is 30.4 Å². The number of carbonyl (C=O) groups is 1. The molecule has 4 nitrogen and oxygen atoms in total. The average molecular weight is 353 g/mol. The summed E-state index contributed by atoms with van der Waals surface area (Å²) >= 11 is 0. The van der Waals surface area contributed by atoms with Crippen LogP contribution in [0, 0.1) is 0 Å². The first-order valence-corrected chi connectivity index (χ1v) is 9.22. The summed E-state index contributed by atoms with van der Waals surface area (Å²) in [4.78, 5) is 12.7. The molecule has 2 aromatic carbocycles. The van der Waals surface area contributed by atoms with Crippen LogP contribution in [0.15, 0.2) is 36.4 Å². The molecule has 1 aliphatic carbocycles. The molecular formula is C22H27NO3. The quantitative estimate of drug-likeness (QED) is 0.799. The molecule has 2 N–H and O–H groups in total. The third kappa shape index (κ3) is 4.07. The third-order valence-electron chi connectivity index (χ3n) is 5.02. The molecule has 0 saturated carbocycles. The van der Waals surface area contributed by atoms with Gasteiger partial charge in [-0.25, -0.2) is 0 Å². The zero-order valence-electron chi connectivity index (χ0n) is 15.8. The van der Waals surface area contributed by atoms with E-state index in [9.17, 15) is 9.90 Å². The molecule has 0 aromatic heterocycles. The highest BCUT2D eigenvalue weighted by atomic mass is 16.5. The van der Waals surface area contributed by atoms with E-state index in [0.29, 0.717) is 17.0 Å². The lowest BCUT2D eigenvalue weighted by Gasteiger charge is -2.18. The van der Waals surface area contributed by atoms with E-state index in [2.05, 4.69) is 17.4 Å². The van der Waals surface area contributed by atoms with Crippen molar-refractivity contribution in [1.82, 2.24) is 0 Å². The smallest absolute Gasteiger partial charge is 0.255 e. The van der Waals surface area contributed by atoms with Gasteiger partial charge in [0, 0.05) is 5.56 Å². The van der Waals surface area contributed by atoms with E-state index >= 15 is 0 Å². The first kappa shape index (κ1) is 18.5. The number of hydrogen-bond donors (Lipinski definition) is 2. The fourth-order valence-corrected chi connectivity index (χ4v) is 3.43. The number of anilines is 1. The van der Waals surface area contributed by atoms with Crippen LogP contribution >= 0.6 is 0 Å². The van der Waals surface area contributed by atoms with Crippen LogP contribution in [0.1, 0.15) is 60.2 Å². The molecule has 0 atom stereocenters. The molecule has 0 unspecified atom stereocenters. The van der Waals surface area contributed by atoms with Crippen molar-refractivity contribution < 1.29 is 14.6 Å². The van der Waals surface area contributed by atoms with Crippen LogP contribution in [0.2, 0.25) is 0 Å². The number of ether oxygens (including phenoxy) is 1. The second kappa shape index (κ2) is 7.50. The summed E-state index contributed by atoms with van der Waals surface area (Å²) in [5.74, 6) is 0.520. The molecule has 0 aliphatic heterocycles. The van der Waals surface area contributed by atoms with Crippen LogP contribution < -0.4 is 10.1 Å². The first-order valence-electron chi connectivity index (χ1n) is 9.22. The number of aryl methyl sites for hydroxylation is 2. The van der Waals surface area contributed by atoms with Crippen LogP contribution in [0.4, 0.5) is 5.69 Å². The van der Waals surface area contributed by atoms with Crippen molar-refractivity contribution in [2.75, 3.05) is 12.4 Å². The summed E-state index contributed by atoms with van der Waals surface area (Å²) in [6, 6.07) is 11.2. The Morgan fingerprint density at radius 2 is 1.65 bits per heavy atom. The Morgan fingerprint density at radius 1 is 1.04 bits per heavy atom. The number of carbonyl (C=O) groups excluding carboxylic acids is 1. The van der Waals surface area contributed by atoms with E-state index < -0.39 is 5.60 Å². The highest BCUT2D eigenvalue weighted by Crippen LogP contribution is 2.32. The molecule has 138 valence electrons. The topological polar surface area (TPSA) is 58.6 Å². The molecule has 1 amide bonds. The van der Waals surface area contributed by atoms with E-state index in [4.69, 9.17) is 4.74 Å². The highest BCUT2D eigenvalue weighted by molar-refractivity contribution is 6.05. The molecule has 0 radical (unpaired) electrons. The van der Waals surface area contributed by atoms with Gasteiger partial charge in [-0.15, -0.1) is 0 Å². The minimum absolute atomic E-state index is 0.181. The van der Waals surface area contributed by atoms with Crippen LogP contribution in [0.5, 0.6) is 5.75 Å². The normalized spacial score (nSPS) is 14.3. The zero-order valence-corrected chi connectivity index (χ0v) is 15.8. The van der Waals surface area contributed by atoms with E-state index in [0.717, 1.165) is 18.4 Å². The van der Waals surface area contributed by atoms with Gasteiger partial charge in [0.25, 0.3) is 5.91 Å². The van der Waals surface area contributed by atoms with Gasteiger partial charge in [-0.1, -0.05) is 18.6 Å². The third-order valence-corrected chi connectivity index (χ3v) is 5.02. The van der Waals surface area contributed by atoms with E-state index in [-0.39, 0.29) is 5.91 Å². The lowest BCUT2D eigenvalue weighted by atomic mass is 9.97. The number of nitrogens with one attached hydrogen (secondary N) is 1. The van der Waals surface area contributed by atoms with Crippen molar-refractivity contribution in [2.45, 2.75) is 51.6 Å². The van der Waals surface area contributed by atoms with Crippen molar-refractivity contribution in [3.63, 3.8) is 0 Å². The van der Waals surface area contributed by atoms with Crippen LogP contribution in [-0.2, 0) is 18.4 Å². The number of amides is 1. The lowest BCUT2D eigenvalue weighted by molar-refractivity contribution is 0.0785. The number of aliphatic hydroxyl groups is 1. The van der Waals surface area contributed by atoms with Crippen LogP contribution in [0.3, 0.4) is 0 Å². The Bertz CT molecular complexity index is 788. The maximum absolute atomic E-state index is 12.7. The molecule has 26 heavy (non-hydrogen) atoms. The van der Waals surface area contributed by atoms with Crippen LogP contribution in [-0.4, -0.2) is 18.1 Å². The van der Waals surface area contributed by atoms with E-state index in [1.807, 2.05) is 0 Å². The van der Waals surface area contributed by atoms with Gasteiger partial charge < -0.3 is 15.2 Å². The SMILES string of the molecule is COc1cc2c(cc1NC(=O)c1ccc(C(C)(C)O)cc1)CCCCC2. The van der Waals surface area contributed by atoms with Gasteiger partial charge in [0.05, 0.1) is 18.4 Å². The molecule has 4 heteroatoms. The first-order chi connectivity index (χ1) is 12.4. The predicted molar refractivity (Wildman–Crippen MR) is 104 cm³/mol. The molecule has 0 fully saturated rings. The molecule has 0 bridgehead atoms. The number of rotatable bonds is 4. The summed E-state index contributed by atoms with van der Waals surface area (Å²) < 4.78 is 5.51. The molecule has 0 saturated heterocycles. The molecule has 2 aromatic rings. The molecule has 0 spiro atoms. The van der Waals surface area contributed by atoms with Gasteiger partial charge in [0.2, 0.25) is 0 Å². The standard InChI is InChI=1S/C22H27NO3/c1-22(2,25)18-11-9-15(10-12-18)21(24)23-19-13-16-7-5-4-6-8-17(16)14-20(19)26-3/h9-14,25H,4-8H2,1-3H3,(H,23,24). The number of fused-ring (bicyclic) bond motifs is 1. The van der Waals surface area contributed by atoms with Gasteiger partial charge in [0.15, 0.2) is 0 Å². The summed E-state index contributed by atoms with van der Waals surface area (Å²) in [5.41, 5.74) is 3.74. The molecule has 1 aliphatic rings. The second-order valence-corrected chi connectivity index (χ2v) is 7.47. The van der Waals surface area contributed by atoms with Crippen LogP contribution in [0.25, 0.3) is 0 Å². The Labute approximate surface area is 155 Å². The minimum atomic E-state index is -0.921. The molecule has 3 rings (SSSR count). The number of benzene rings is 2. The maximum Gasteiger partial charge on any atom is 0.255 e. The monoisotopic (exact) mass is 353 g/mol. The van der Waals surface area contributed by atoms with Gasteiger partial charge in [-0.05, 0) is 80.5 Å². The minimum Gasteiger partial charge on any atom is -0.495 e. The fraction of sp³-hybridized carbons (Fsp3) is 0.409. The zero-order chi connectivity index (χ0) is 18.7. The highest BCUT2D eigenvalue weighted by Gasteiger charge is 2.18. The Hall–Kier alpha value is -2.33. The van der Waals surface area contributed by atoms with E-state index in [1.54, 1.807) is 45.2 Å². The maximum atomic E-state index is 12.7. The van der Waals surface area contributed by atoms with Crippen molar-refractivity contribution in [3.05, 3.63) is 58.7 Å². The molecular weight excluding hydrogens is 326 g/mol. The van der Waals surface area contributed by atoms with Gasteiger partial charge in [-0.3, -0.25) is 4.79 Å². The van der Waals surface area contributed by atoms with Gasteiger partial charge in [-0.2, -0.15) is 0 Å². The summed E-state index contributed by atoms with van der Waals surface area (Å²) in [6.45, 7) is 3.45. The van der Waals surface area contributed by atoms with Crippen molar-refractivity contribution >= 4 is 11.6 Å². The summed E-state index contributed by atoms with van der Waals surface area (Å²) in [5, 5.41) is 13.0. The van der Waals surface area contributed by atoms with Gasteiger partial charge in [0.1, 0.15) is 5.75 Å². The Balaban J connectivity index is 1.83. The average Bonchev–Trinajstić information content (AvgIpc) is 2.85. The van der Waals surface area contributed by atoms with Crippen molar-refractivity contribution in [1.29, 1.82) is 0 Å². The predicted octanol–water partition coefficient (Wildman–Crippen LogP) is 4.44. The summed E-state index contributed by atoms with van der Waals surface area (Å²) in [6.07, 6.45) is 5.74. The molecule has 0 heterocycles. The second-order valence-electron chi connectivity index (χ2n) is 7.47. The fourth-order valence-electron chi connectivity index (χ4n) is 3.43. The van der Waals surface area contributed by atoms with Crippen molar-refractivity contribution in [3.8, 4) is 5.75 Å². The lowest BCUT2D eigenvalue weighted by Crippen LogP contribution is -2.17. The Kier molecular flexibility index (Phi) is 5.33. The van der Waals surface area contributed by atoms with Gasteiger partial charge >= 0.3 is 0 Å². The number of hydrogen-bond acceptors (Lipinski definition) is 3.